The van der Waals surface area contributed by atoms with Gasteiger partial charge >= 0.3 is 0 Å². The van der Waals surface area contributed by atoms with Gasteiger partial charge in [0.25, 0.3) is 0 Å². The van der Waals surface area contributed by atoms with Crippen LogP contribution in [-0.2, 0) is 11.2 Å². The Morgan fingerprint density at radius 2 is 1.86 bits per heavy atom. The number of rotatable bonds is 6. The van der Waals surface area contributed by atoms with Gasteiger partial charge in [-0.25, -0.2) is 0 Å². The minimum atomic E-state index is -0.181. The predicted molar refractivity (Wildman–Crippen MR) is 130 cm³/mol. The Bertz CT molecular complexity index is 1520. The van der Waals surface area contributed by atoms with E-state index in [1.165, 1.54) is 11.9 Å². The molecule has 1 aliphatic rings. The Balaban J connectivity index is 1.35. The number of nitrogens with one attached hydrogen (secondary N) is 1. The SMILES string of the molecule is Cc1nn(-c2ccc3nncn3n2)c2c1[C@H](c1ccccc1OCCc1ccccc1)CC(=O)N2. The number of aryl methyl sites for hydroxylation is 1. The molecule has 6 rings (SSSR count). The lowest BCUT2D eigenvalue weighted by Gasteiger charge is -2.26. The molecule has 5 aromatic rings. The van der Waals surface area contributed by atoms with Crippen LogP contribution >= 0.6 is 0 Å². The number of hydrogen-bond donors (Lipinski definition) is 1. The van der Waals surface area contributed by atoms with Crippen LogP contribution in [0.15, 0.2) is 73.1 Å². The highest BCUT2D eigenvalue weighted by molar-refractivity contribution is 5.95. The number of amides is 1. The van der Waals surface area contributed by atoms with E-state index < -0.39 is 0 Å². The van der Waals surface area contributed by atoms with Crippen molar-refractivity contribution in [1.82, 2.24) is 29.6 Å². The van der Waals surface area contributed by atoms with Gasteiger partial charge in [-0.15, -0.1) is 15.3 Å². The molecule has 3 aromatic heterocycles. The zero-order valence-corrected chi connectivity index (χ0v) is 19.1. The van der Waals surface area contributed by atoms with Crippen LogP contribution in [0, 0.1) is 6.92 Å². The molecule has 174 valence electrons. The van der Waals surface area contributed by atoms with Gasteiger partial charge in [-0.3, -0.25) is 4.79 Å². The molecule has 0 radical (unpaired) electrons. The van der Waals surface area contributed by atoms with Crippen LogP contribution in [0.25, 0.3) is 11.5 Å². The lowest BCUT2D eigenvalue weighted by Crippen LogP contribution is -2.25. The number of carbonyl (C=O) groups excluding carboxylic acids is 1. The fourth-order valence-electron chi connectivity index (χ4n) is 4.63. The Morgan fingerprint density at radius 3 is 2.74 bits per heavy atom. The van der Waals surface area contributed by atoms with Crippen molar-refractivity contribution in [3.05, 3.63) is 95.4 Å². The van der Waals surface area contributed by atoms with E-state index >= 15 is 0 Å². The largest absolute Gasteiger partial charge is 0.493 e. The van der Waals surface area contributed by atoms with E-state index in [9.17, 15) is 4.79 Å². The number of hydrogen-bond acceptors (Lipinski definition) is 6. The summed E-state index contributed by atoms with van der Waals surface area (Å²) in [7, 11) is 0. The third kappa shape index (κ3) is 3.90. The van der Waals surface area contributed by atoms with Gasteiger partial charge in [0.2, 0.25) is 5.91 Å². The quantitative estimate of drug-likeness (QED) is 0.410. The molecule has 0 spiro atoms. The van der Waals surface area contributed by atoms with Crippen LogP contribution in [0.5, 0.6) is 5.75 Å². The van der Waals surface area contributed by atoms with Gasteiger partial charge in [0.1, 0.15) is 17.9 Å². The van der Waals surface area contributed by atoms with Crippen LogP contribution in [0.1, 0.15) is 34.7 Å². The second kappa shape index (κ2) is 8.68. The Labute approximate surface area is 201 Å². The molecule has 0 fully saturated rings. The lowest BCUT2D eigenvalue weighted by molar-refractivity contribution is -0.116. The summed E-state index contributed by atoms with van der Waals surface area (Å²) in [5, 5.41) is 20.2. The zero-order valence-electron chi connectivity index (χ0n) is 19.1. The van der Waals surface area contributed by atoms with E-state index in [2.05, 4.69) is 32.7 Å². The van der Waals surface area contributed by atoms with Crippen molar-refractivity contribution < 1.29 is 9.53 Å². The first kappa shape index (κ1) is 21.0. The summed E-state index contributed by atoms with van der Waals surface area (Å²) in [6, 6.07) is 21.8. The molecule has 35 heavy (non-hydrogen) atoms. The highest BCUT2D eigenvalue weighted by Gasteiger charge is 2.34. The number of para-hydroxylation sites is 1. The lowest BCUT2D eigenvalue weighted by atomic mass is 9.85. The first-order valence-electron chi connectivity index (χ1n) is 11.5. The topological polar surface area (TPSA) is 99.2 Å². The fourth-order valence-corrected chi connectivity index (χ4v) is 4.63. The molecule has 0 saturated heterocycles. The summed E-state index contributed by atoms with van der Waals surface area (Å²) in [6.45, 7) is 2.50. The fraction of sp³-hybridized carbons (Fsp3) is 0.192. The summed E-state index contributed by atoms with van der Waals surface area (Å²) in [5.74, 6) is 1.72. The van der Waals surface area contributed by atoms with Crippen molar-refractivity contribution in [2.24, 2.45) is 0 Å². The molecular formula is C26H23N7O2. The van der Waals surface area contributed by atoms with Crippen LogP contribution in [0.3, 0.4) is 0 Å². The van der Waals surface area contributed by atoms with Crippen LogP contribution in [-0.4, -0.2) is 42.1 Å². The van der Waals surface area contributed by atoms with Crippen molar-refractivity contribution in [3.63, 3.8) is 0 Å². The number of aromatic nitrogens is 6. The molecule has 1 amide bonds. The molecule has 9 heteroatoms. The van der Waals surface area contributed by atoms with E-state index in [0.29, 0.717) is 30.3 Å². The molecule has 1 atom stereocenters. The molecule has 0 saturated carbocycles. The second-order valence-corrected chi connectivity index (χ2v) is 8.51. The maximum absolute atomic E-state index is 12.8. The standard InChI is InChI=1S/C26H23N7O2/c1-17-25-20(19-9-5-6-10-21(19)35-14-13-18-7-3-2-4-8-18)15-24(34)28-26(25)33(30-17)23-12-11-22-29-27-16-32(22)31-23/h2-12,16,20H,13-15H2,1H3,(H,28,34)/t20-/m0/s1. The van der Waals surface area contributed by atoms with E-state index in [4.69, 9.17) is 9.84 Å². The third-order valence-corrected chi connectivity index (χ3v) is 6.25. The Kier molecular flexibility index (Phi) is 5.21. The summed E-state index contributed by atoms with van der Waals surface area (Å²) < 4.78 is 9.48. The average molecular weight is 466 g/mol. The highest BCUT2D eigenvalue weighted by atomic mass is 16.5. The normalized spacial score (nSPS) is 15.1. The first-order valence-corrected chi connectivity index (χ1v) is 11.5. The maximum Gasteiger partial charge on any atom is 0.226 e. The van der Waals surface area contributed by atoms with Gasteiger partial charge in [0.05, 0.1) is 12.3 Å². The van der Waals surface area contributed by atoms with Crippen LogP contribution in [0.4, 0.5) is 5.82 Å². The van der Waals surface area contributed by atoms with E-state index in [1.54, 1.807) is 9.20 Å². The molecule has 9 nitrogen and oxygen atoms in total. The number of carbonyl (C=O) groups is 1. The van der Waals surface area contributed by atoms with E-state index in [1.807, 2.05) is 61.5 Å². The minimum absolute atomic E-state index is 0.0758. The number of ether oxygens (including phenoxy) is 1. The van der Waals surface area contributed by atoms with Gasteiger partial charge in [-0.05, 0) is 30.7 Å². The first-order chi connectivity index (χ1) is 17.2. The van der Waals surface area contributed by atoms with Crippen molar-refractivity contribution in [3.8, 4) is 11.6 Å². The maximum atomic E-state index is 12.8. The van der Waals surface area contributed by atoms with Crippen LogP contribution < -0.4 is 10.1 Å². The van der Waals surface area contributed by atoms with Gasteiger partial charge in [-0.2, -0.15) is 14.3 Å². The minimum Gasteiger partial charge on any atom is -0.493 e. The van der Waals surface area contributed by atoms with Gasteiger partial charge < -0.3 is 10.1 Å². The van der Waals surface area contributed by atoms with Gasteiger partial charge in [0, 0.05) is 29.9 Å². The molecule has 0 aliphatic carbocycles. The van der Waals surface area contributed by atoms with Crippen molar-refractivity contribution in [1.29, 1.82) is 0 Å². The number of benzene rings is 2. The zero-order chi connectivity index (χ0) is 23.8. The molecule has 0 bridgehead atoms. The van der Waals surface area contributed by atoms with Crippen molar-refractivity contribution in [2.75, 3.05) is 11.9 Å². The molecule has 4 heterocycles. The molecule has 1 N–H and O–H groups in total. The van der Waals surface area contributed by atoms with Gasteiger partial charge in [-0.1, -0.05) is 48.5 Å². The highest BCUT2D eigenvalue weighted by Crippen LogP contribution is 2.43. The van der Waals surface area contributed by atoms with Crippen molar-refractivity contribution >= 4 is 17.4 Å². The average Bonchev–Trinajstić information content (AvgIpc) is 3.48. The van der Waals surface area contributed by atoms with Gasteiger partial charge in [0.15, 0.2) is 11.5 Å². The smallest absolute Gasteiger partial charge is 0.226 e. The summed E-state index contributed by atoms with van der Waals surface area (Å²) in [5.41, 5.74) is 4.62. The number of nitrogens with zero attached hydrogens (tertiary/aromatic N) is 6. The van der Waals surface area contributed by atoms with Crippen molar-refractivity contribution in [2.45, 2.75) is 25.7 Å². The van der Waals surface area contributed by atoms with Crippen LogP contribution in [0.2, 0.25) is 0 Å². The Morgan fingerprint density at radius 1 is 1.03 bits per heavy atom. The monoisotopic (exact) mass is 465 g/mol. The summed E-state index contributed by atoms with van der Waals surface area (Å²) in [4.78, 5) is 12.8. The molecule has 2 aromatic carbocycles. The van der Waals surface area contributed by atoms with E-state index in [-0.39, 0.29) is 11.8 Å². The predicted octanol–water partition coefficient (Wildman–Crippen LogP) is 3.71. The molecule has 0 unspecified atom stereocenters. The number of fused-ring (bicyclic) bond motifs is 2. The Hall–Kier alpha value is -4.53. The summed E-state index contributed by atoms with van der Waals surface area (Å²) in [6.07, 6.45) is 2.66. The third-order valence-electron chi connectivity index (χ3n) is 6.25. The second-order valence-electron chi connectivity index (χ2n) is 8.51. The summed E-state index contributed by atoms with van der Waals surface area (Å²) >= 11 is 0. The van der Waals surface area contributed by atoms with E-state index in [0.717, 1.165) is 29.0 Å². The molecular weight excluding hydrogens is 442 g/mol. The number of anilines is 1. The molecule has 1 aliphatic heterocycles.